The third-order valence-corrected chi connectivity index (χ3v) is 5.73. The predicted molar refractivity (Wildman–Crippen MR) is 95.9 cm³/mol. The molecule has 1 amide bonds. The Kier molecular flexibility index (Phi) is 4.29. The molecular weight excluding hydrogens is 340 g/mol. The van der Waals surface area contributed by atoms with Gasteiger partial charge < -0.3 is 19.1 Å². The summed E-state index contributed by atoms with van der Waals surface area (Å²) in [6, 6.07) is 3.74. The Morgan fingerprint density at radius 1 is 1.24 bits per heavy atom. The van der Waals surface area contributed by atoms with Gasteiger partial charge >= 0.3 is 0 Å². The van der Waals surface area contributed by atoms with Crippen LogP contribution in [0.2, 0.25) is 0 Å². The van der Waals surface area contributed by atoms with E-state index in [2.05, 4.69) is 0 Å². The number of thiocarbonyl (C=S) groups is 1. The smallest absolute Gasteiger partial charge is 0.251 e. The van der Waals surface area contributed by atoms with E-state index in [1.165, 1.54) is 0 Å². The van der Waals surface area contributed by atoms with Gasteiger partial charge in [0.05, 0.1) is 26.9 Å². The molecule has 2 fully saturated rings. The third kappa shape index (κ3) is 2.75. The molecule has 0 bridgehead atoms. The van der Waals surface area contributed by atoms with E-state index in [0.717, 1.165) is 30.6 Å². The van der Waals surface area contributed by atoms with E-state index in [4.69, 9.17) is 26.4 Å². The topological polar surface area (TPSA) is 51.2 Å². The van der Waals surface area contributed by atoms with Gasteiger partial charge in [0.2, 0.25) is 0 Å². The third-order valence-electron chi connectivity index (χ3n) is 5.27. The lowest BCUT2D eigenvalue weighted by molar-refractivity contribution is -0.129. The van der Waals surface area contributed by atoms with Crippen molar-refractivity contribution in [3.05, 3.63) is 23.3 Å². The van der Waals surface area contributed by atoms with Crippen molar-refractivity contribution in [1.29, 1.82) is 0 Å². The van der Waals surface area contributed by atoms with E-state index < -0.39 is 0 Å². The summed E-state index contributed by atoms with van der Waals surface area (Å²) in [5.41, 5.74) is 2.25. The number of nitrogens with zero attached hydrogens (tertiary/aromatic N) is 2. The number of carbonyl (C=O) groups is 1. The Balaban J connectivity index is 1.59. The Bertz CT molecular complexity index is 666. The van der Waals surface area contributed by atoms with Crippen LogP contribution >= 0.6 is 12.2 Å². The molecule has 25 heavy (non-hydrogen) atoms. The molecule has 1 aromatic carbocycles. The van der Waals surface area contributed by atoms with Crippen LogP contribution in [0, 0.1) is 0 Å². The molecule has 3 aliphatic rings. The maximum atomic E-state index is 12.9. The van der Waals surface area contributed by atoms with Crippen LogP contribution in [-0.4, -0.2) is 60.3 Å². The highest BCUT2D eigenvalue weighted by molar-refractivity contribution is 7.80. The monoisotopic (exact) mass is 362 g/mol. The van der Waals surface area contributed by atoms with Gasteiger partial charge in [-0.2, -0.15) is 0 Å². The minimum atomic E-state index is -0.223. The van der Waals surface area contributed by atoms with E-state index in [9.17, 15) is 4.79 Å². The van der Waals surface area contributed by atoms with Crippen LogP contribution in [0.4, 0.5) is 0 Å². The second kappa shape index (κ2) is 6.46. The summed E-state index contributed by atoms with van der Waals surface area (Å²) in [5.74, 6) is 1.48. The summed E-state index contributed by atoms with van der Waals surface area (Å²) in [6.45, 7) is 1.96. The molecule has 2 atom stereocenters. The maximum Gasteiger partial charge on any atom is 0.251 e. The molecule has 0 aromatic heterocycles. The summed E-state index contributed by atoms with van der Waals surface area (Å²) >= 11 is 5.61. The second-order valence-electron chi connectivity index (χ2n) is 6.69. The van der Waals surface area contributed by atoms with Crippen molar-refractivity contribution in [2.75, 3.05) is 27.4 Å². The van der Waals surface area contributed by atoms with Gasteiger partial charge in [-0.25, -0.2) is 0 Å². The molecule has 3 heterocycles. The Morgan fingerprint density at radius 2 is 1.96 bits per heavy atom. The van der Waals surface area contributed by atoms with E-state index in [0.29, 0.717) is 36.1 Å². The highest BCUT2D eigenvalue weighted by atomic mass is 32.1. The average Bonchev–Trinajstić information content (AvgIpc) is 3.22. The van der Waals surface area contributed by atoms with Crippen molar-refractivity contribution in [1.82, 2.24) is 9.80 Å². The molecule has 0 unspecified atom stereocenters. The van der Waals surface area contributed by atoms with Gasteiger partial charge in [0.1, 0.15) is 6.04 Å². The Morgan fingerprint density at radius 3 is 2.60 bits per heavy atom. The lowest BCUT2D eigenvalue weighted by Gasteiger charge is -2.31. The first-order valence-corrected chi connectivity index (χ1v) is 9.00. The van der Waals surface area contributed by atoms with Crippen molar-refractivity contribution >= 4 is 23.2 Å². The fraction of sp³-hybridized carbons (Fsp3) is 0.556. The van der Waals surface area contributed by atoms with Crippen LogP contribution < -0.4 is 9.47 Å². The van der Waals surface area contributed by atoms with Crippen molar-refractivity contribution < 1.29 is 19.0 Å². The minimum Gasteiger partial charge on any atom is -0.493 e. The zero-order valence-electron chi connectivity index (χ0n) is 14.5. The van der Waals surface area contributed by atoms with Crippen molar-refractivity contribution in [2.24, 2.45) is 0 Å². The molecule has 4 rings (SSSR count). The first-order chi connectivity index (χ1) is 12.1. The van der Waals surface area contributed by atoms with Crippen LogP contribution in [0.25, 0.3) is 0 Å². The van der Waals surface area contributed by atoms with Gasteiger partial charge in [-0.05, 0) is 48.3 Å². The van der Waals surface area contributed by atoms with Crippen LogP contribution in [-0.2, 0) is 22.5 Å². The molecule has 1 aromatic rings. The van der Waals surface area contributed by atoms with Crippen molar-refractivity contribution in [3.8, 4) is 11.5 Å². The van der Waals surface area contributed by atoms with Gasteiger partial charge in [-0.3, -0.25) is 9.69 Å². The number of fused-ring (bicyclic) bond motifs is 2. The summed E-state index contributed by atoms with van der Waals surface area (Å²) < 4.78 is 16.5. The van der Waals surface area contributed by atoms with E-state index in [1.807, 2.05) is 17.0 Å². The van der Waals surface area contributed by atoms with E-state index in [-0.39, 0.29) is 18.1 Å². The first-order valence-electron chi connectivity index (χ1n) is 8.59. The number of amides is 1. The van der Waals surface area contributed by atoms with Gasteiger partial charge in [-0.15, -0.1) is 0 Å². The molecule has 6 nitrogen and oxygen atoms in total. The molecule has 0 aliphatic carbocycles. The quantitative estimate of drug-likeness (QED) is 0.761. The van der Waals surface area contributed by atoms with Crippen LogP contribution in [0.15, 0.2) is 12.1 Å². The van der Waals surface area contributed by atoms with Crippen LogP contribution in [0.5, 0.6) is 11.5 Å². The number of benzene rings is 1. The highest BCUT2D eigenvalue weighted by Gasteiger charge is 2.45. The Hall–Kier alpha value is -1.86. The molecular formula is C18H22N2O4S. The molecule has 7 heteroatoms. The summed E-state index contributed by atoms with van der Waals surface area (Å²) in [5, 5.41) is 0.617. The number of hydrogen-bond acceptors (Lipinski definition) is 5. The summed E-state index contributed by atoms with van der Waals surface area (Å²) in [4.78, 5) is 16.7. The van der Waals surface area contributed by atoms with Gasteiger partial charge in [-0.1, -0.05) is 0 Å². The zero-order chi connectivity index (χ0) is 17.6. The van der Waals surface area contributed by atoms with Crippen LogP contribution in [0.3, 0.4) is 0 Å². The SMILES string of the molecule is COc1cc2c(cc1OC)CN1C(=S)N(C[C@@H]3CCCO3)C(=O)[C@@H]1C2. The number of rotatable bonds is 4. The molecule has 3 aliphatic heterocycles. The summed E-state index contributed by atoms with van der Waals surface area (Å²) in [7, 11) is 3.25. The molecule has 2 saturated heterocycles. The number of hydrogen-bond donors (Lipinski definition) is 0. The minimum absolute atomic E-state index is 0.0842. The molecule has 0 saturated carbocycles. The highest BCUT2D eigenvalue weighted by Crippen LogP contribution is 2.37. The van der Waals surface area contributed by atoms with Crippen molar-refractivity contribution in [2.45, 2.75) is 38.0 Å². The van der Waals surface area contributed by atoms with Crippen molar-refractivity contribution in [3.63, 3.8) is 0 Å². The lowest BCUT2D eigenvalue weighted by atomic mass is 9.94. The van der Waals surface area contributed by atoms with Crippen LogP contribution in [0.1, 0.15) is 24.0 Å². The molecule has 0 N–H and O–H groups in total. The number of methoxy groups -OCH3 is 2. The first kappa shape index (κ1) is 16.6. The second-order valence-corrected chi connectivity index (χ2v) is 7.06. The maximum absolute atomic E-state index is 12.9. The zero-order valence-corrected chi connectivity index (χ0v) is 15.3. The number of carbonyl (C=O) groups excluding carboxylic acids is 1. The molecule has 0 radical (unpaired) electrons. The van der Waals surface area contributed by atoms with Gasteiger partial charge in [0, 0.05) is 19.6 Å². The molecule has 134 valence electrons. The van der Waals surface area contributed by atoms with E-state index in [1.54, 1.807) is 19.1 Å². The van der Waals surface area contributed by atoms with Gasteiger partial charge in [0.25, 0.3) is 5.91 Å². The fourth-order valence-corrected chi connectivity index (χ4v) is 4.28. The van der Waals surface area contributed by atoms with E-state index >= 15 is 0 Å². The summed E-state index contributed by atoms with van der Waals surface area (Å²) in [6.07, 6.45) is 2.78. The number of ether oxygens (including phenoxy) is 3. The normalized spacial score (nSPS) is 25.2. The average molecular weight is 362 g/mol. The standard InChI is InChI=1S/C18H22N2O4S/c1-22-15-7-11-6-14-17(21)20(10-13-4-3-5-24-13)18(25)19(14)9-12(11)8-16(15)23-2/h7-8,13-14H,3-6,9-10H2,1-2H3/t13-,14-/m0/s1. The lowest BCUT2D eigenvalue weighted by Crippen LogP contribution is -2.40. The largest absolute Gasteiger partial charge is 0.493 e. The fourth-order valence-electron chi connectivity index (χ4n) is 3.92. The predicted octanol–water partition coefficient (Wildman–Crippen LogP) is 1.74. The Labute approximate surface area is 152 Å². The molecule has 0 spiro atoms. The van der Waals surface area contributed by atoms with Gasteiger partial charge in [0.15, 0.2) is 16.6 Å².